The molecule has 1 N–H and O–H groups in total. The van der Waals surface area contributed by atoms with Gasteiger partial charge >= 0.3 is 0 Å². The minimum Gasteiger partial charge on any atom is -0.384 e. The molecule has 1 amide bonds. The van der Waals surface area contributed by atoms with Crippen LogP contribution in [0.4, 0.5) is 11.4 Å². The lowest BCUT2D eigenvalue weighted by atomic mass is 9.93. The largest absolute Gasteiger partial charge is 0.384 e. The Bertz CT molecular complexity index is 612. The molecular formula is C16H17N3O. The highest BCUT2D eigenvalue weighted by Gasteiger charge is 2.27. The van der Waals surface area contributed by atoms with Crippen LogP contribution in [0.1, 0.15) is 5.56 Å². The van der Waals surface area contributed by atoms with Gasteiger partial charge in [-0.05, 0) is 30.2 Å². The number of amides is 1. The third-order valence-corrected chi connectivity index (χ3v) is 3.74. The first-order valence-electron chi connectivity index (χ1n) is 6.75. The summed E-state index contributed by atoms with van der Waals surface area (Å²) in [6.45, 7) is 0.681. The highest BCUT2D eigenvalue weighted by molar-refractivity contribution is 5.95. The predicted molar refractivity (Wildman–Crippen MR) is 79.8 cm³/mol. The Morgan fingerprint density at radius 1 is 1.30 bits per heavy atom. The van der Waals surface area contributed by atoms with Gasteiger partial charge in [0, 0.05) is 25.5 Å². The van der Waals surface area contributed by atoms with Crippen LogP contribution in [0.3, 0.4) is 0 Å². The summed E-state index contributed by atoms with van der Waals surface area (Å²) in [5, 5.41) is 3.34. The first-order chi connectivity index (χ1) is 9.75. The minimum atomic E-state index is -0.0323. The van der Waals surface area contributed by atoms with E-state index in [2.05, 4.69) is 22.4 Å². The number of rotatable bonds is 2. The number of carbonyl (C=O) groups is 1. The maximum absolute atomic E-state index is 12.6. The topological polar surface area (TPSA) is 45.2 Å². The third kappa shape index (κ3) is 2.37. The highest BCUT2D eigenvalue weighted by Crippen LogP contribution is 2.26. The van der Waals surface area contributed by atoms with Crippen LogP contribution in [0.25, 0.3) is 0 Å². The van der Waals surface area contributed by atoms with Crippen molar-refractivity contribution in [2.24, 2.45) is 5.92 Å². The summed E-state index contributed by atoms with van der Waals surface area (Å²) in [4.78, 5) is 18.3. The van der Waals surface area contributed by atoms with Gasteiger partial charge in [-0.2, -0.15) is 0 Å². The van der Waals surface area contributed by atoms with Gasteiger partial charge in [0.1, 0.15) is 0 Å². The molecule has 0 radical (unpaired) electrons. The van der Waals surface area contributed by atoms with Gasteiger partial charge in [0.05, 0.1) is 17.8 Å². The number of aromatic nitrogens is 1. The molecule has 0 spiro atoms. The van der Waals surface area contributed by atoms with Crippen molar-refractivity contribution in [3.8, 4) is 0 Å². The molecule has 4 heteroatoms. The summed E-state index contributed by atoms with van der Waals surface area (Å²) in [6, 6.07) is 11.9. The summed E-state index contributed by atoms with van der Waals surface area (Å²) in [5.41, 5.74) is 3.17. The molecule has 2 heterocycles. The summed E-state index contributed by atoms with van der Waals surface area (Å²) in [6.07, 6.45) is 4.20. The number of pyridine rings is 1. The van der Waals surface area contributed by atoms with Crippen LogP contribution in [0, 0.1) is 5.92 Å². The Hall–Kier alpha value is -2.36. The monoisotopic (exact) mass is 267 g/mol. The van der Waals surface area contributed by atoms with Crippen molar-refractivity contribution in [3.63, 3.8) is 0 Å². The van der Waals surface area contributed by atoms with Crippen LogP contribution in [0.2, 0.25) is 0 Å². The molecule has 0 bridgehead atoms. The van der Waals surface area contributed by atoms with Crippen molar-refractivity contribution in [3.05, 3.63) is 54.4 Å². The average molecular weight is 267 g/mol. The van der Waals surface area contributed by atoms with Crippen molar-refractivity contribution >= 4 is 17.3 Å². The molecule has 2 aromatic rings. The molecule has 1 aromatic heterocycles. The van der Waals surface area contributed by atoms with Crippen LogP contribution in [-0.4, -0.2) is 24.5 Å². The van der Waals surface area contributed by atoms with Crippen LogP contribution in [-0.2, 0) is 11.2 Å². The highest BCUT2D eigenvalue weighted by atomic mass is 16.2. The van der Waals surface area contributed by atoms with Crippen LogP contribution in [0.15, 0.2) is 48.8 Å². The fraction of sp³-hybridized carbons (Fsp3) is 0.250. The lowest BCUT2D eigenvalue weighted by Gasteiger charge is -2.28. The zero-order valence-electron chi connectivity index (χ0n) is 11.4. The molecule has 0 fully saturated rings. The molecule has 1 aliphatic rings. The van der Waals surface area contributed by atoms with Crippen LogP contribution >= 0.6 is 0 Å². The molecule has 20 heavy (non-hydrogen) atoms. The van der Waals surface area contributed by atoms with Crippen molar-refractivity contribution in [1.82, 2.24) is 4.98 Å². The minimum absolute atomic E-state index is 0.0323. The van der Waals surface area contributed by atoms with E-state index in [0.29, 0.717) is 6.54 Å². The fourth-order valence-electron chi connectivity index (χ4n) is 2.57. The predicted octanol–water partition coefficient (Wildman–Crippen LogP) is 2.33. The molecule has 1 atom stereocenters. The second-order valence-corrected chi connectivity index (χ2v) is 5.05. The number of carbonyl (C=O) groups excluding carboxylic acids is 1. The molecule has 4 nitrogen and oxygen atoms in total. The molecule has 102 valence electrons. The van der Waals surface area contributed by atoms with Crippen molar-refractivity contribution in [1.29, 1.82) is 0 Å². The van der Waals surface area contributed by atoms with E-state index < -0.39 is 0 Å². The summed E-state index contributed by atoms with van der Waals surface area (Å²) in [7, 11) is 1.81. The van der Waals surface area contributed by atoms with Gasteiger partial charge in [-0.1, -0.05) is 18.2 Å². The van der Waals surface area contributed by atoms with Gasteiger partial charge in [0.25, 0.3) is 0 Å². The number of fused-ring (bicyclic) bond motifs is 1. The van der Waals surface area contributed by atoms with E-state index in [4.69, 9.17) is 0 Å². The summed E-state index contributed by atoms with van der Waals surface area (Å²) >= 11 is 0. The number of nitrogens with one attached hydrogen (secondary N) is 1. The number of para-hydroxylation sites is 1. The standard InChI is InChI=1S/C16H17N3O/c1-19(14-6-4-8-17-11-14)16(20)13-9-12-5-2-3-7-15(12)18-10-13/h2-8,11,13,18H,9-10H2,1H3. The Morgan fingerprint density at radius 2 is 2.15 bits per heavy atom. The molecule has 1 unspecified atom stereocenters. The maximum Gasteiger partial charge on any atom is 0.231 e. The Balaban J connectivity index is 1.76. The Morgan fingerprint density at radius 3 is 2.95 bits per heavy atom. The quantitative estimate of drug-likeness (QED) is 0.908. The van der Waals surface area contributed by atoms with E-state index in [1.807, 2.05) is 24.3 Å². The number of hydrogen-bond donors (Lipinski definition) is 1. The van der Waals surface area contributed by atoms with E-state index in [-0.39, 0.29) is 11.8 Å². The number of nitrogens with zero attached hydrogens (tertiary/aromatic N) is 2. The summed E-state index contributed by atoms with van der Waals surface area (Å²) < 4.78 is 0. The van der Waals surface area contributed by atoms with Gasteiger partial charge in [0.2, 0.25) is 5.91 Å². The Kier molecular flexibility index (Phi) is 3.37. The normalized spacial score (nSPS) is 16.9. The zero-order valence-corrected chi connectivity index (χ0v) is 11.4. The molecule has 0 saturated heterocycles. The van der Waals surface area contributed by atoms with Gasteiger partial charge in [0.15, 0.2) is 0 Å². The second kappa shape index (κ2) is 5.33. The fourth-order valence-corrected chi connectivity index (χ4v) is 2.57. The first kappa shape index (κ1) is 12.7. The maximum atomic E-state index is 12.6. The molecule has 1 aromatic carbocycles. The zero-order chi connectivity index (χ0) is 13.9. The number of anilines is 2. The lowest BCUT2D eigenvalue weighted by Crippen LogP contribution is -2.39. The second-order valence-electron chi connectivity index (χ2n) is 5.05. The molecule has 3 rings (SSSR count). The van der Waals surface area contributed by atoms with Crippen LogP contribution in [0.5, 0.6) is 0 Å². The third-order valence-electron chi connectivity index (χ3n) is 3.74. The van der Waals surface area contributed by atoms with Crippen molar-refractivity contribution in [2.45, 2.75) is 6.42 Å². The number of benzene rings is 1. The van der Waals surface area contributed by atoms with E-state index in [9.17, 15) is 4.79 Å². The molecule has 0 aliphatic carbocycles. The van der Waals surface area contributed by atoms with Crippen LogP contribution < -0.4 is 10.2 Å². The average Bonchev–Trinajstić information content (AvgIpc) is 2.54. The molecule has 1 aliphatic heterocycles. The Labute approximate surface area is 118 Å². The van der Waals surface area contributed by atoms with Gasteiger partial charge < -0.3 is 10.2 Å². The van der Waals surface area contributed by atoms with Crippen molar-refractivity contribution < 1.29 is 4.79 Å². The lowest BCUT2D eigenvalue weighted by molar-refractivity contribution is -0.121. The van der Waals surface area contributed by atoms with E-state index >= 15 is 0 Å². The van der Waals surface area contributed by atoms with E-state index in [0.717, 1.165) is 17.8 Å². The van der Waals surface area contributed by atoms with Crippen molar-refractivity contribution in [2.75, 3.05) is 23.8 Å². The van der Waals surface area contributed by atoms with Gasteiger partial charge in [-0.3, -0.25) is 9.78 Å². The molecule has 0 saturated carbocycles. The van der Waals surface area contributed by atoms with Gasteiger partial charge in [-0.15, -0.1) is 0 Å². The smallest absolute Gasteiger partial charge is 0.231 e. The first-order valence-corrected chi connectivity index (χ1v) is 6.75. The summed E-state index contributed by atoms with van der Waals surface area (Å²) in [5.74, 6) is 0.0927. The van der Waals surface area contributed by atoms with E-state index in [1.165, 1.54) is 5.56 Å². The van der Waals surface area contributed by atoms with Gasteiger partial charge in [-0.25, -0.2) is 0 Å². The number of hydrogen-bond acceptors (Lipinski definition) is 3. The molecular weight excluding hydrogens is 250 g/mol. The SMILES string of the molecule is CN(C(=O)C1CNc2ccccc2C1)c1cccnc1. The van der Waals surface area contributed by atoms with E-state index in [1.54, 1.807) is 24.3 Å².